The molecular weight excluding hydrogens is 227 g/mol. The summed E-state index contributed by atoms with van der Waals surface area (Å²) < 4.78 is 35.4. The molecule has 1 aliphatic carbocycles. The number of alkyl halides is 3. The summed E-state index contributed by atoms with van der Waals surface area (Å²) >= 11 is 0. The highest BCUT2D eigenvalue weighted by Crippen LogP contribution is 2.46. The normalized spacial score (nSPS) is 19.3. The zero-order chi connectivity index (χ0) is 12.4. The van der Waals surface area contributed by atoms with E-state index in [0.717, 1.165) is 0 Å². The number of nitrogens with one attached hydrogen (secondary N) is 1. The summed E-state index contributed by atoms with van der Waals surface area (Å²) in [4.78, 5) is 11.5. The molecule has 1 fully saturated rings. The van der Waals surface area contributed by atoms with E-state index in [1.807, 2.05) is 0 Å². The summed E-state index contributed by atoms with van der Waals surface area (Å²) in [6.45, 7) is -0.497. The topological polar surface area (TPSA) is 87.7 Å². The lowest BCUT2D eigenvalue weighted by molar-refractivity contribution is -0.136. The molecule has 1 amide bonds. The van der Waals surface area contributed by atoms with Gasteiger partial charge in [-0.2, -0.15) is 13.2 Å². The van der Waals surface area contributed by atoms with Gasteiger partial charge in [-0.1, -0.05) is 5.16 Å². The Labute approximate surface area is 89.5 Å². The monoisotopic (exact) mass is 239 g/mol. The Morgan fingerprint density at radius 1 is 1.50 bits per heavy atom. The van der Waals surface area contributed by atoms with E-state index in [4.69, 9.17) is 10.9 Å². The van der Waals surface area contributed by atoms with Crippen molar-refractivity contribution in [1.29, 1.82) is 0 Å². The summed E-state index contributed by atoms with van der Waals surface area (Å²) in [7, 11) is 0. The van der Waals surface area contributed by atoms with Crippen LogP contribution < -0.4 is 11.1 Å². The third kappa shape index (κ3) is 2.77. The fourth-order valence-electron chi connectivity index (χ4n) is 1.31. The van der Waals surface area contributed by atoms with Crippen LogP contribution in [-0.2, 0) is 4.79 Å². The summed E-state index contributed by atoms with van der Waals surface area (Å²) in [5, 5.41) is 13.3. The molecule has 8 heteroatoms. The SMILES string of the molecule is NC(=NO)C1(C(=O)NCCC(F)(F)F)CC1. The van der Waals surface area contributed by atoms with Crippen molar-refractivity contribution in [3.05, 3.63) is 0 Å². The molecule has 0 aromatic rings. The lowest BCUT2D eigenvalue weighted by Gasteiger charge is -2.14. The molecule has 0 aromatic carbocycles. The standard InChI is InChI=1S/C8H12F3N3O2/c9-8(10,11)3-4-13-6(15)7(1-2-7)5(12)14-16/h16H,1-4H2,(H2,12,14)(H,13,15). The number of amides is 1. The Kier molecular flexibility index (Phi) is 3.30. The predicted molar refractivity (Wildman–Crippen MR) is 48.8 cm³/mol. The Morgan fingerprint density at radius 2 is 2.06 bits per heavy atom. The molecule has 1 rings (SSSR count). The molecule has 0 saturated heterocycles. The molecule has 0 heterocycles. The van der Waals surface area contributed by atoms with Crippen LogP contribution in [0.3, 0.4) is 0 Å². The number of oxime groups is 1. The number of nitrogens with zero attached hydrogens (tertiary/aromatic N) is 1. The lowest BCUT2D eigenvalue weighted by Crippen LogP contribution is -2.41. The van der Waals surface area contributed by atoms with E-state index in [0.29, 0.717) is 12.8 Å². The van der Waals surface area contributed by atoms with E-state index in [2.05, 4.69) is 10.5 Å². The highest BCUT2D eigenvalue weighted by molar-refractivity contribution is 6.09. The van der Waals surface area contributed by atoms with E-state index in [-0.39, 0.29) is 5.84 Å². The van der Waals surface area contributed by atoms with E-state index in [1.54, 1.807) is 0 Å². The zero-order valence-electron chi connectivity index (χ0n) is 8.34. The van der Waals surface area contributed by atoms with Gasteiger partial charge < -0.3 is 16.3 Å². The minimum atomic E-state index is -4.30. The first kappa shape index (κ1) is 12.6. The minimum Gasteiger partial charge on any atom is -0.409 e. The summed E-state index contributed by atoms with van der Waals surface area (Å²) in [6.07, 6.45) is -4.62. The molecular formula is C8H12F3N3O2. The van der Waals surface area contributed by atoms with Crippen LogP contribution in [0.1, 0.15) is 19.3 Å². The van der Waals surface area contributed by atoms with Gasteiger partial charge in [-0.3, -0.25) is 4.79 Å². The quantitative estimate of drug-likeness (QED) is 0.290. The molecule has 0 radical (unpaired) electrons. The van der Waals surface area contributed by atoms with Gasteiger partial charge in [-0.25, -0.2) is 0 Å². The largest absolute Gasteiger partial charge is 0.409 e. The number of amidine groups is 1. The number of hydrogen-bond acceptors (Lipinski definition) is 3. The summed E-state index contributed by atoms with van der Waals surface area (Å²) in [5.41, 5.74) is 4.19. The molecule has 1 aliphatic rings. The Balaban J connectivity index is 2.42. The third-order valence-corrected chi connectivity index (χ3v) is 2.48. The maximum atomic E-state index is 11.8. The van der Waals surface area contributed by atoms with Crippen LogP contribution in [0.15, 0.2) is 5.16 Å². The second-order valence-electron chi connectivity index (χ2n) is 3.69. The first-order valence-electron chi connectivity index (χ1n) is 4.65. The fourth-order valence-corrected chi connectivity index (χ4v) is 1.31. The van der Waals surface area contributed by atoms with Crippen LogP contribution in [0.5, 0.6) is 0 Å². The van der Waals surface area contributed by atoms with E-state index >= 15 is 0 Å². The Morgan fingerprint density at radius 3 is 2.44 bits per heavy atom. The maximum absolute atomic E-state index is 11.8. The first-order chi connectivity index (χ1) is 7.32. The van der Waals surface area contributed by atoms with E-state index in [1.165, 1.54) is 0 Å². The number of halogens is 3. The first-order valence-corrected chi connectivity index (χ1v) is 4.65. The van der Waals surface area contributed by atoms with Gasteiger partial charge in [0.15, 0.2) is 5.84 Å². The molecule has 0 aromatic heterocycles. The molecule has 0 atom stereocenters. The number of rotatable bonds is 4. The van der Waals surface area contributed by atoms with Crippen molar-refractivity contribution in [1.82, 2.24) is 5.32 Å². The van der Waals surface area contributed by atoms with Crippen molar-refractivity contribution < 1.29 is 23.2 Å². The molecule has 5 nitrogen and oxygen atoms in total. The van der Waals surface area contributed by atoms with Crippen molar-refractivity contribution in [2.24, 2.45) is 16.3 Å². The molecule has 92 valence electrons. The van der Waals surface area contributed by atoms with Gasteiger partial charge in [0.1, 0.15) is 5.41 Å². The van der Waals surface area contributed by atoms with Crippen LogP contribution in [0.4, 0.5) is 13.2 Å². The smallest absolute Gasteiger partial charge is 0.390 e. The Bertz CT molecular complexity index is 310. The van der Waals surface area contributed by atoms with Gasteiger partial charge in [0.05, 0.1) is 6.42 Å². The van der Waals surface area contributed by atoms with Crippen LogP contribution >= 0.6 is 0 Å². The van der Waals surface area contributed by atoms with E-state index < -0.39 is 30.5 Å². The van der Waals surface area contributed by atoms with Crippen molar-refractivity contribution >= 4 is 11.7 Å². The van der Waals surface area contributed by atoms with Gasteiger partial charge >= 0.3 is 6.18 Å². The summed E-state index contributed by atoms with van der Waals surface area (Å²) in [5.74, 6) is -0.871. The zero-order valence-corrected chi connectivity index (χ0v) is 8.34. The summed E-state index contributed by atoms with van der Waals surface area (Å²) in [6, 6.07) is 0. The van der Waals surface area contributed by atoms with Crippen molar-refractivity contribution in [3.8, 4) is 0 Å². The molecule has 0 unspecified atom stereocenters. The molecule has 0 bridgehead atoms. The lowest BCUT2D eigenvalue weighted by atomic mass is 10.1. The number of carbonyl (C=O) groups is 1. The van der Waals surface area contributed by atoms with Crippen molar-refractivity contribution in [2.75, 3.05) is 6.54 Å². The van der Waals surface area contributed by atoms with Crippen molar-refractivity contribution in [3.63, 3.8) is 0 Å². The van der Waals surface area contributed by atoms with Crippen LogP contribution in [-0.4, -0.2) is 29.7 Å². The minimum absolute atomic E-state index is 0.253. The molecule has 4 N–H and O–H groups in total. The van der Waals surface area contributed by atoms with Crippen LogP contribution in [0.25, 0.3) is 0 Å². The average molecular weight is 239 g/mol. The van der Waals surface area contributed by atoms with Gasteiger partial charge in [-0.15, -0.1) is 0 Å². The Hall–Kier alpha value is -1.47. The van der Waals surface area contributed by atoms with E-state index in [9.17, 15) is 18.0 Å². The predicted octanol–water partition coefficient (Wildman–Crippen LogP) is 0.582. The average Bonchev–Trinajstić information content (AvgIpc) is 2.95. The van der Waals surface area contributed by atoms with Gasteiger partial charge in [0.25, 0.3) is 0 Å². The second kappa shape index (κ2) is 4.18. The molecule has 0 aliphatic heterocycles. The second-order valence-corrected chi connectivity index (χ2v) is 3.69. The number of carbonyl (C=O) groups excluding carboxylic acids is 1. The van der Waals surface area contributed by atoms with Crippen LogP contribution in [0, 0.1) is 5.41 Å². The highest BCUT2D eigenvalue weighted by Gasteiger charge is 2.54. The molecule has 16 heavy (non-hydrogen) atoms. The molecule has 0 spiro atoms. The van der Waals surface area contributed by atoms with Gasteiger partial charge in [0, 0.05) is 6.54 Å². The number of nitrogens with two attached hydrogens (primary N) is 1. The molecule has 1 saturated carbocycles. The van der Waals surface area contributed by atoms with Crippen molar-refractivity contribution in [2.45, 2.75) is 25.4 Å². The van der Waals surface area contributed by atoms with Crippen LogP contribution in [0.2, 0.25) is 0 Å². The highest BCUT2D eigenvalue weighted by atomic mass is 19.4. The third-order valence-electron chi connectivity index (χ3n) is 2.48. The fraction of sp³-hybridized carbons (Fsp3) is 0.750. The van der Waals surface area contributed by atoms with Gasteiger partial charge in [0.2, 0.25) is 5.91 Å². The maximum Gasteiger partial charge on any atom is 0.390 e. The van der Waals surface area contributed by atoms with Gasteiger partial charge in [-0.05, 0) is 12.8 Å². The number of hydrogen-bond donors (Lipinski definition) is 3.